The van der Waals surface area contributed by atoms with Crippen LogP contribution in [0.15, 0.2) is 24.3 Å². The Morgan fingerprint density at radius 3 is 2.80 bits per heavy atom. The van der Waals surface area contributed by atoms with E-state index in [1.807, 2.05) is 20.0 Å². The van der Waals surface area contributed by atoms with Gasteiger partial charge in [0.1, 0.15) is 24.8 Å². The fourth-order valence-corrected chi connectivity index (χ4v) is 1.78. The van der Waals surface area contributed by atoms with Crippen LogP contribution in [0.5, 0.6) is 5.75 Å². The molecule has 104 valence electrons. The SMILES string of the molecule is Cc1cc(COc2ccc(C#CCO)c(F)c2)n(C)n1. The minimum atomic E-state index is -0.468. The molecule has 1 aromatic carbocycles. The molecule has 0 bridgehead atoms. The molecule has 4 nitrogen and oxygen atoms in total. The third kappa shape index (κ3) is 3.37. The highest BCUT2D eigenvalue weighted by Crippen LogP contribution is 2.17. The second-order valence-corrected chi connectivity index (χ2v) is 4.29. The molecule has 20 heavy (non-hydrogen) atoms. The van der Waals surface area contributed by atoms with E-state index in [1.54, 1.807) is 10.7 Å². The summed E-state index contributed by atoms with van der Waals surface area (Å²) in [5.74, 6) is 4.90. The molecule has 0 unspecified atom stereocenters. The zero-order chi connectivity index (χ0) is 14.5. The standard InChI is InChI=1S/C15H15FN2O2/c1-11-8-13(18(2)17-11)10-20-14-6-5-12(4-3-7-19)15(16)9-14/h5-6,8-9,19H,7,10H2,1-2H3. The van der Waals surface area contributed by atoms with Crippen molar-refractivity contribution in [2.24, 2.45) is 7.05 Å². The summed E-state index contributed by atoms with van der Waals surface area (Å²) in [6, 6.07) is 6.37. The molecule has 1 aromatic heterocycles. The molecule has 5 heteroatoms. The lowest BCUT2D eigenvalue weighted by molar-refractivity contribution is 0.293. The number of halogens is 1. The van der Waals surface area contributed by atoms with Crippen LogP contribution in [0.25, 0.3) is 0 Å². The predicted octanol–water partition coefficient (Wildman–Crippen LogP) is 1.79. The molecule has 0 radical (unpaired) electrons. The first-order valence-electron chi connectivity index (χ1n) is 6.11. The van der Waals surface area contributed by atoms with Crippen LogP contribution in [0.4, 0.5) is 4.39 Å². The second kappa shape index (κ2) is 6.22. The lowest BCUT2D eigenvalue weighted by Gasteiger charge is -2.07. The van der Waals surface area contributed by atoms with E-state index < -0.39 is 5.82 Å². The van der Waals surface area contributed by atoms with Gasteiger partial charge in [-0.15, -0.1) is 0 Å². The molecule has 1 N–H and O–H groups in total. The van der Waals surface area contributed by atoms with Crippen molar-refractivity contribution in [2.75, 3.05) is 6.61 Å². The minimum absolute atomic E-state index is 0.239. The Labute approximate surface area is 116 Å². The molecule has 2 aromatic rings. The molecule has 0 aliphatic carbocycles. The van der Waals surface area contributed by atoms with Crippen LogP contribution in [0.1, 0.15) is 17.0 Å². The van der Waals surface area contributed by atoms with Gasteiger partial charge in [-0.3, -0.25) is 4.68 Å². The maximum absolute atomic E-state index is 13.7. The zero-order valence-corrected chi connectivity index (χ0v) is 11.4. The highest BCUT2D eigenvalue weighted by Gasteiger charge is 2.05. The summed E-state index contributed by atoms with van der Waals surface area (Å²) in [4.78, 5) is 0. The van der Waals surface area contributed by atoms with Gasteiger partial charge in [-0.05, 0) is 25.1 Å². The number of aliphatic hydroxyl groups is 1. The quantitative estimate of drug-likeness (QED) is 0.868. The molecule has 0 fully saturated rings. The number of hydrogen-bond donors (Lipinski definition) is 1. The van der Waals surface area contributed by atoms with Gasteiger partial charge in [0.05, 0.1) is 17.0 Å². The number of hydrogen-bond acceptors (Lipinski definition) is 3. The smallest absolute Gasteiger partial charge is 0.142 e. The van der Waals surface area contributed by atoms with Crippen molar-refractivity contribution >= 4 is 0 Å². The van der Waals surface area contributed by atoms with E-state index in [-0.39, 0.29) is 12.2 Å². The zero-order valence-electron chi connectivity index (χ0n) is 11.4. The molecule has 0 atom stereocenters. The summed E-state index contributed by atoms with van der Waals surface area (Å²) < 4.78 is 21.0. The van der Waals surface area contributed by atoms with Gasteiger partial charge >= 0.3 is 0 Å². The van der Waals surface area contributed by atoms with E-state index in [4.69, 9.17) is 9.84 Å². The largest absolute Gasteiger partial charge is 0.487 e. The Balaban J connectivity index is 2.07. The van der Waals surface area contributed by atoms with E-state index in [2.05, 4.69) is 16.9 Å². The molecule has 0 saturated heterocycles. The molecule has 0 aliphatic heterocycles. The van der Waals surface area contributed by atoms with Gasteiger partial charge in [0.15, 0.2) is 0 Å². The molecular weight excluding hydrogens is 259 g/mol. The number of benzene rings is 1. The van der Waals surface area contributed by atoms with Crippen LogP contribution in [0.2, 0.25) is 0 Å². The monoisotopic (exact) mass is 274 g/mol. The van der Waals surface area contributed by atoms with Crippen molar-refractivity contribution < 1.29 is 14.2 Å². The van der Waals surface area contributed by atoms with Crippen molar-refractivity contribution in [3.05, 3.63) is 47.0 Å². The van der Waals surface area contributed by atoms with Crippen LogP contribution in [-0.2, 0) is 13.7 Å². The first-order chi connectivity index (χ1) is 9.60. The highest BCUT2D eigenvalue weighted by atomic mass is 19.1. The topological polar surface area (TPSA) is 47.3 Å². The van der Waals surface area contributed by atoms with E-state index >= 15 is 0 Å². The molecule has 0 aliphatic rings. The first kappa shape index (κ1) is 14.1. The number of aliphatic hydroxyl groups excluding tert-OH is 1. The number of rotatable bonds is 3. The highest BCUT2D eigenvalue weighted by molar-refractivity contribution is 5.39. The van der Waals surface area contributed by atoms with Crippen molar-refractivity contribution in [3.8, 4) is 17.6 Å². The Morgan fingerprint density at radius 1 is 1.40 bits per heavy atom. The van der Waals surface area contributed by atoms with Crippen LogP contribution in [-0.4, -0.2) is 21.5 Å². The van der Waals surface area contributed by atoms with Gasteiger partial charge in [-0.25, -0.2) is 4.39 Å². The molecule has 2 rings (SSSR count). The Kier molecular flexibility index (Phi) is 4.38. The maximum Gasteiger partial charge on any atom is 0.142 e. The second-order valence-electron chi connectivity index (χ2n) is 4.29. The minimum Gasteiger partial charge on any atom is -0.487 e. The Morgan fingerprint density at radius 2 is 2.20 bits per heavy atom. The maximum atomic E-state index is 13.7. The van der Waals surface area contributed by atoms with E-state index in [9.17, 15) is 4.39 Å². The molecule has 0 amide bonds. The van der Waals surface area contributed by atoms with Gasteiger partial charge in [-0.2, -0.15) is 5.10 Å². The average Bonchev–Trinajstić information content (AvgIpc) is 2.73. The van der Waals surface area contributed by atoms with Crippen molar-refractivity contribution in [3.63, 3.8) is 0 Å². The van der Waals surface area contributed by atoms with E-state index in [1.165, 1.54) is 12.1 Å². The molecular formula is C15H15FN2O2. The summed E-state index contributed by atoms with van der Waals surface area (Å²) in [6.45, 7) is 1.92. The summed E-state index contributed by atoms with van der Waals surface area (Å²) >= 11 is 0. The fourth-order valence-electron chi connectivity index (χ4n) is 1.78. The summed E-state index contributed by atoms with van der Waals surface area (Å²) in [5.41, 5.74) is 2.06. The summed E-state index contributed by atoms with van der Waals surface area (Å²) in [6.07, 6.45) is 0. The number of aromatic nitrogens is 2. The summed E-state index contributed by atoms with van der Waals surface area (Å²) in [5, 5.41) is 12.8. The van der Waals surface area contributed by atoms with Gasteiger partial charge in [0, 0.05) is 13.1 Å². The number of ether oxygens (including phenoxy) is 1. The average molecular weight is 274 g/mol. The van der Waals surface area contributed by atoms with Gasteiger partial charge in [-0.1, -0.05) is 11.8 Å². The van der Waals surface area contributed by atoms with Crippen LogP contribution >= 0.6 is 0 Å². The number of nitrogens with zero attached hydrogens (tertiary/aromatic N) is 2. The van der Waals surface area contributed by atoms with Crippen molar-refractivity contribution in [2.45, 2.75) is 13.5 Å². The fraction of sp³-hybridized carbons (Fsp3) is 0.267. The normalized spacial score (nSPS) is 10.0. The van der Waals surface area contributed by atoms with E-state index in [0.717, 1.165) is 11.4 Å². The molecule has 0 spiro atoms. The molecule has 0 saturated carbocycles. The lowest BCUT2D eigenvalue weighted by Crippen LogP contribution is -2.03. The first-order valence-corrected chi connectivity index (χ1v) is 6.11. The van der Waals surface area contributed by atoms with Crippen LogP contribution < -0.4 is 4.74 Å². The van der Waals surface area contributed by atoms with Crippen LogP contribution in [0, 0.1) is 24.6 Å². The summed E-state index contributed by atoms with van der Waals surface area (Å²) in [7, 11) is 1.83. The Hall–Kier alpha value is -2.32. The van der Waals surface area contributed by atoms with Gasteiger partial charge < -0.3 is 9.84 Å². The van der Waals surface area contributed by atoms with Crippen molar-refractivity contribution in [1.82, 2.24) is 9.78 Å². The lowest BCUT2D eigenvalue weighted by atomic mass is 10.2. The van der Waals surface area contributed by atoms with E-state index in [0.29, 0.717) is 12.4 Å². The van der Waals surface area contributed by atoms with Gasteiger partial charge in [0.2, 0.25) is 0 Å². The third-order valence-corrected chi connectivity index (χ3v) is 2.73. The third-order valence-electron chi connectivity index (χ3n) is 2.73. The van der Waals surface area contributed by atoms with Crippen LogP contribution in [0.3, 0.4) is 0 Å². The van der Waals surface area contributed by atoms with Gasteiger partial charge in [0.25, 0.3) is 0 Å². The number of aryl methyl sites for hydroxylation is 2. The van der Waals surface area contributed by atoms with Crippen molar-refractivity contribution in [1.29, 1.82) is 0 Å². The Bertz CT molecular complexity index is 668. The molecule has 1 heterocycles. The predicted molar refractivity (Wildman–Crippen MR) is 72.6 cm³/mol.